The van der Waals surface area contributed by atoms with Crippen molar-refractivity contribution >= 4 is 23.3 Å². The zero-order chi connectivity index (χ0) is 32.8. The van der Waals surface area contributed by atoms with E-state index in [1.165, 1.54) is 17.9 Å². The largest absolute Gasteiger partial charge is 0.505 e. The van der Waals surface area contributed by atoms with Crippen molar-refractivity contribution in [3.8, 4) is 17.6 Å². The van der Waals surface area contributed by atoms with Crippen molar-refractivity contribution in [3.05, 3.63) is 102 Å². The number of hydrogen-bond acceptors (Lipinski definition) is 9. The van der Waals surface area contributed by atoms with Crippen LogP contribution < -0.4 is 32.4 Å². The Labute approximate surface area is 258 Å². The van der Waals surface area contributed by atoms with Crippen LogP contribution in [0.25, 0.3) is 6.08 Å². The molecule has 0 aliphatic rings. The number of phenolic OH excluding ortho intramolecular Hbond substituents is 1. The van der Waals surface area contributed by atoms with Gasteiger partial charge in [-0.15, -0.1) is 13.2 Å². The number of aryl methyl sites for hydroxylation is 1. The maximum absolute atomic E-state index is 10.3. The Kier molecular flexibility index (Phi) is 19.3. The van der Waals surface area contributed by atoms with Crippen LogP contribution in [0.5, 0.6) is 11.5 Å². The number of nitrogens with two attached hydrogens (primary N) is 3. The van der Waals surface area contributed by atoms with Crippen molar-refractivity contribution in [2.75, 3.05) is 23.2 Å². The van der Waals surface area contributed by atoms with E-state index in [9.17, 15) is 5.11 Å². The summed E-state index contributed by atoms with van der Waals surface area (Å²) in [6.45, 7) is 16.5. The van der Waals surface area contributed by atoms with E-state index in [4.69, 9.17) is 27.3 Å². The fraction of sp³-hybridized carbons (Fsp3) is 0.294. The highest BCUT2D eigenvalue weighted by molar-refractivity contribution is 5.70. The number of nitriles is 1. The number of phenols is 1. The SMILES string of the molecule is C/C(C#N)=C(/N)N(N)c1ccccn1.C=C.CC/C=C\c1c(C)cc(N)c(O)c1CNc1ccc(OC)cc1.CCCC. The number of rotatable bonds is 9. The first-order valence-electron chi connectivity index (χ1n) is 14.1. The van der Waals surface area contributed by atoms with Gasteiger partial charge in [0.1, 0.15) is 23.1 Å². The van der Waals surface area contributed by atoms with E-state index in [2.05, 4.69) is 50.3 Å². The van der Waals surface area contributed by atoms with E-state index < -0.39 is 0 Å². The van der Waals surface area contributed by atoms with Crippen LogP contribution >= 0.6 is 0 Å². The van der Waals surface area contributed by atoms with Gasteiger partial charge in [0.15, 0.2) is 0 Å². The van der Waals surface area contributed by atoms with E-state index >= 15 is 0 Å². The normalized spacial score (nSPS) is 10.4. The van der Waals surface area contributed by atoms with Crippen molar-refractivity contribution in [2.24, 2.45) is 11.6 Å². The number of nitrogens with one attached hydrogen (secondary N) is 1. The zero-order valence-electron chi connectivity index (χ0n) is 26.5. The van der Waals surface area contributed by atoms with Gasteiger partial charge in [0.05, 0.1) is 24.4 Å². The van der Waals surface area contributed by atoms with Gasteiger partial charge in [-0.1, -0.05) is 51.8 Å². The summed E-state index contributed by atoms with van der Waals surface area (Å²) >= 11 is 0. The highest BCUT2D eigenvalue weighted by Gasteiger charge is 2.13. The molecule has 8 N–H and O–H groups in total. The lowest BCUT2D eigenvalue weighted by atomic mass is 9.98. The molecule has 0 aliphatic heterocycles. The van der Waals surface area contributed by atoms with Crippen molar-refractivity contribution < 1.29 is 9.84 Å². The molecule has 3 rings (SSSR count). The lowest BCUT2D eigenvalue weighted by Crippen LogP contribution is -2.35. The number of hydrogen-bond donors (Lipinski definition) is 5. The Hall–Kier alpha value is -4.94. The van der Waals surface area contributed by atoms with Crippen molar-refractivity contribution in [1.29, 1.82) is 5.26 Å². The second kappa shape index (κ2) is 21.8. The Balaban J connectivity index is 0.000000749. The summed E-state index contributed by atoms with van der Waals surface area (Å²) in [6, 6.07) is 16.7. The molecule has 9 nitrogen and oxygen atoms in total. The van der Waals surface area contributed by atoms with Crippen LogP contribution in [0, 0.1) is 18.3 Å². The average molecular weight is 588 g/mol. The third kappa shape index (κ3) is 13.1. The summed E-state index contributed by atoms with van der Waals surface area (Å²) in [7, 11) is 1.64. The van der Waals surface area contributed by atoms with Crippen LogP contribution in [0.1, 0.15) is 63.6 Å². The minimum atomic E-state index is 0.146. The number of pyridine rings is 1. The Morgan fingerprint density at radius 3 is 2.26 bits per heavy atom. The Bertz CT molecular complexity index is 1310. The lowest BCUT2D eigenvalue weighted by Gasteiger charge is -2.17. The average Bonchev–Trinajstić information content (AvgIpc) is 3.06. The van der Waals surface area contributed by atoms with E-state index in [-0.39, 0.29) is 11.6 Å². The van der Waals surface area contributed by atoms with Crippen molar-refractivity contribution in [1.82, 2.24) is 4.98 Å². The number of benzene rings is 2. The van der Waals surface area contributed by atoms with Crippen LogP contribution in [0.4, 0.5) is 17.2 Å². The fourth-order valence-electron chi connectivity index (χ4n) is 3.32. The molecule has 2 aromatic carbocycles. The summed E-state index contributed by atoms with van der Waals surface area (Å²) in [5.74, 6) is 7.31. The quantitative estimate of drug-likeness (QED) is 0.0429. The highest BCUT2D eigenvalue weighted by Crippen LogP contribution is 2.32. The standard InChI is InChI=1S/C19H24N2O2.C9H11N5.C4H10.C2H4/c1-4-5-6-16-13(2)11-18(20)19(22)17(16)12-21-14-7-9-15(23-3)10-8-14;1-7(6-10)9(11)14(12)8-4-2-3-5-13-8;1-3-4-2;1-2/h5-11,21-22H,4,12,20H2,1-3H3;2-5H,11-12H2,1H3;3-4H2,1-2H3;1-2H2/b6-5-;9-7+;;. The van der Waals surface area contributed by atoms with Crippen LogP contribution in [0.3, 0.4) is 0 Å². The first-order valence-corrected chi connectivity index (χ1v) is 14.1. The monoisotopic (exact) mass is 587 g/mol. The van der Waals surface area contributed by atoms with E-state index in [0.717, 1.165) is 34.5 Å². The van der Waals surface area contributed by atoms with E-state index in [0.29, 0.717) is 23.6 Å². The first kappa shape index (κ1) is 38.1. The molecule has 0 aliphatic carbocycles. The van der Waals surface area contributed by atoms with Gasteiger partial charge in [-0.25, -0.2) is 15.8 Å². The topological polar surface area (TPSA) is 159 Å². The number of nitrogens with zero attached hydrogens (tertiary/aromatic N) is 3. The molecule has 0 radical (unpaired) electrons. The van der Waals surface area contributed by atoms with Gasteiger partial charge in [-0.3, -0.25) is 0 Å². The summed E-state index contributed by atoms with van der Waals surface area (Å²) in [4.78, 5) is 3.99. The number of allylic oxidation sites excluding steroid dienone is 2. The van der Waals surface area contributed by atoms with Crippen LogP contribution in [-0.4, -0.2) is 17.2 Å². The minimum Gasteiger partial charge on any atom is -0.505 e. The maximum Gasteiger partial charge on any atom is 0.148 e. The smallest absolute Gasteiger partial charge is 0.148 e. The molecular weight excluding hydrogens is 538 g/mol. The number of ether oxygens (including phenoxy) is 1. The first-order chi connectivity index (χ1) is 20.6. The molecule has 1 heterocycles. The van der Waals surface area contributed by atoms with Crippen LogP contribution in [0.15, 0.2) is 85.4 Å². The van der Waals surface area contributed by atoms with Gasteiger partial charge in [0.2, 0.25) is 0 Å². The van der Waals surface area contributed by atoms with E-state index in [1.807, 2.05) is 49.4 Å². The molecule has 0 amide bonds. The highest BCUT2D eigenvalue weighted by atomic mass is 16.5. The lowest BCUT2D eigenvalue weighted by molar-refractivity contribution is 0.415. The third-order valence-corrected chi connectivity index (χ3v) is 5.97. The van der Waals surface area contributed by atoms with Crippen molar-refractivity contribution in [2.45, 2.75) is 60.4 Å². The minimum absolute atomic E-state index is 0.146. The number of methoxy groups -OCH3 is 1. The predicted octanol–water partition coefficient (Wildman–Crippen LogP) is 7.41. The Morgan fingerprint density at radius 1 is 1.14 bits per heavy atom. The summed E-state index contributed by atoms with van der Waals surface area (Å²) in [5.41, 5.74) is 16.1. The van der Waals surface area contributed by atoms with Gasteiger partial charge in [0.25, 0.3) is 0 Å². The maximum atomic E-state index is 10.3. The molecule has 3 aromatic rings. The van der Waals surface area contributed by atoms with Crippen LogP contribution in [0.2, 0.25) is 0 Å². The van der Waals surface area contributed by atoms with Gasteiger partial charge in [0, 0.05) is 24.0 Å². The molecule has 232 valence electrons. The second-order valence-corrected chi connectivity index (χ2v) is 9.10. The van der Waals surface area contributed by atoms with Gasteiger partial charge >= 0.3 is 0 Å². The zero-order valence-corrected chi connectivity index (χ0v) is 26.5. The summed E-state index contributed by atoms with van der Waals surface area (Å²) < 4.78 is 5.15. The molecule has 1 aromatic heterocycles. The number of anilines is 3. The molecule has 0 bridgehead atoms. The predicted molar refractivity (Wildman–Crippen MR) is 182 cm³/mol. The molecule has 0 spiro atoms. The third-order valence-electron chi connectivity index (χ3n) is 5.97. The summed E-state index contributed by atoms with van der Waals surface area (Å²) in [5, 5.41) is 23.5. The van der Waals surface area contributed by atoms with Gasteiger partial charge in [-0.05, 0) is 73.9 Å². The molecule has 0 unspecified atom stereocenters. The van der Waals surface area contributed by atoms with Crippen LogP contribution in [-0.2, 0) is 6.54 Å². The van der Waals surface area contributed by atoms with Gasteiger partial charge < -0.3 is 26.6 Å². The fourth-order valence-corrected chi connectivity index (χ4v) is 3.32. The second-order valence-electron chi connectivity index (χ2n) is 9.10. The van der Waals surface area contributed by atoms with Gasteiger partial charge in [-0.2, -0.15) is 5.26 Å². The number of unbranched alkanes of at least 4 members (excludes halogenated alkanes) is 1. The van der Waals surface area contributed by atoms with E-state index in [1.54, 1.807) is 38.4 Å². The number of aromatic hydroxyl groups is 1. The molecule has 43 heavy (non-hydrogen) atoms. The molecule has 9 heteroatoms. The number of aromatic nitrogens is 1. The van der Waals surface area contributed by atoms with Crippen molar-refractivity contribution in [3.63, 3.8) is 0 Å². The molecule has 0 atom stereocenters. The summed E-state index contributed by atoms with van der Waals surface area (Å²) in [6.07, 6.45) is 9.30. The molecule has 0 saturated heterocycles. The molecule has 0 saturated carbocycles. The molecular formula is C34H49N7O2. The Morgan fingerprint density at radius 2 is 1.77 bits per heavy atom. The number of hydrazine groups is 1. The number of nitrogen functional groups attached to an aromatic ring is 1. The molecule has 0 fully saturated rings.